The summed E-state index contributed by atoms with van der Waals surface area (Å²) in [5.41, 5.74) is -0.428. The number of carboxylic acids is 1. The summed E-state index contributed by atoms with van der Waals surface area (Å²) in [4.78, 5) is 13.6. The van der Waals surface area contributed by atoms with Crippen LogP contribution in [0.2, 0.25) is 0 Å². The van der Waals surface area contributed by atoms with Gasteiger partial charge >= 0.3 is 5.97 Å². The van der Waals surface area contributed by atoms with Crippen LogP contribution >= 0.6 is 0 Å². The SMILES string of the molecule is CCCCN1CCC(CC)(C(=O)O)CC1. The maximum Gasteiger partial charge on any atom is 0.309 e. The van der Waals surface area contributed by atoms with Crippen LogP contribution in [0, 0.1) is 5.41 Å². The van der Waals surface area contributed by atoms with E-state index in [2.05, 4.69) is 11.8 Å². The number of carboxylic acid groups (broad SMARTS) is 1. The Labute approximate surface area is 92.5 Å². The number of hydrogen-bond donors (Lipinski definition) is 1. The van der Waals surface area contributed by atoms with E-state index in [-0.39, 0.29) is 0 Å². The fourth-order valence-corrected chi connectivity index (χ4v) is 2.31. The van der Waals surface area contributed by atoms with Crippen molar-refractivity contribution >= 4 is 5.97 Å². The van der Waals surface area contributed by atoms with Crippen molar-refractivity contribution in [2.45, 2.75) is 46.0 Å². The molecule has 1 saturated heterocycles. The van der Waals surface area contributed by atoms with Gasteiger partial charge in [-0.15, -0.1) is 0 Å². The van der Waals surface area contributed by atoms with Crippen molar-refractivity contribution < 1.29 is 9.90 Å². The van der Waals surface area contributed by atoms with Gasteiger partial charge in [0.25, 0.3) is 0 Å². The number of carbonyl (C=O) groups is 1. The molecule has 88 valence electrons. The molecule has 3 heteroatoms. The number of aliphatic carboxylic acids is 1. The lowest BCUT2D eigenvalue weighted by Gasteiger charge is -2.38. The van der Waals surface area contributed by atoms with E-state index in [0.29, 0.717) is 0 Å². The van der Waals surface area contributed by atoms with E-state index in [0.717, 1.165) is 38.9 Å². The maximum absolute atomic E-state index is 11.2. The van der Waals surface area contributed by atoms with E-state index in [4.69, 9.17) is 0 Å². The molecule has 15 heavy (non-hydrogen) atoms. The Kier molecular flexibility index (Phi) is 4.58. The Morgan fingerprint density at radius 2 is 1.93 bits per heavy atom. The van der Waals surface area contributed by atoms with Crippen LogP contribution < -0.4 is 0 Å². The fourth-order valence-electron chi connectivity index (χ4n) is 2.31. The Morgan fingerprint density at radius 1 is 1.33 bits per heavy atom. The summed E-state index contributed by atoms with van der Waals surface area (Å²) in [6.45, 7) is 7.24. The predicted octanol–water partition coefficient (Wildman–Crippen LogP) is 2.36. The average Bonchev–Trinajstić information content (AvgIpc) is 2.27. The minimum Gasteiger partial charge on any atom is -0.481 e. The summed E-state index contributed by atoms with van der Waals surface area (Å²) in [5, 5.41) is 9.23. The van der Waals surface area contributed by atoms with E-state index in [9.17, 15) is 9.90 Å². The second-order valence-corrected chi connectivity index (χ2v) is 4.63. The first kappa shape index (κ1) is 12.5. The molecule has 3 nitrogen and oxygen atoms in total. The Hall–Kier alpha value is -0.570. The highest BCUT2D eigenvalue weighted by Crippen LogP contribution is 2.35. The molecule has 1 fully saturated rings. The molecule has 1 aliphatic heterocycles. The molecule has 0 aromatic rings. The normalized spacial score (nSPS) is 21.5. The van der Waals surface area contributed by atoms with Crippen LogP contribution in [-0.4, -0.2) is 35.6 Å². The third kappa shape index (κ3) is 2.94. The van der Waals surface area contributed by atoms with Crippen molar-refractivity contribution in [2.75, 3.05) is 19.6 Å². The quantitative estimate of drug-likeness (QED) is 0.762. The number of piperidine rings is 1. The molecule has 0 aromatic heterocycles. The lowest BCUT2D eigenvalue weighted by Crippen LogP contribution is -2.44. The van der Waals surface area contributed by atoms with E-state index in [1.807, 2.05) is 6.92 Å². The molecule has 1 heterocycles. The highest BCUT2D eigenvalue weighted by atomic mass is 16.4. The molecule has 1 rings (SSSR count). The van der Waals surface area contributed by atoms with Crippen LogP contribution in [0.3, 0.4) is 0 Å². The second kappa shape index (κ2) is 5.50. The molecule has 0 aliphatic carbocycles. The summed E-state index contributed by atoms with van der Waals surface area (Å²) >= 11 is 0. The van der Waals surface area contributed by atoms with Gasteiger partial charge in [0.2, 0.25) is 0 Å². The molecule has 0 atom stereocenters. The van der Waals surface area contributed by atoms with Gasteiger partial charge in [-0.25, -0.2) is 0 Å². The van der Waals surface area contributed by atoms with Gasteiger partial charge in [0.05, 0.1) is 5.41 Å². The molecule has 0 aromatic carbocycles. The summed E-state index contributed by atoms with van der Waals surface area (Å²) in [7, 11) is 0. The third-order valence-corrected chi connectivity index (χ3v) is 3.77. The van der Waals surface area contributed by atoms with Gasteiger partial charge in [-0.3, -0.25) is 4.79 Å². The fraction of sp³-hybridized carbons (Fsp3) is 0.917. The van der Waals surface area contributed by atoms with Gasteiger partial charge in [0.15, 0.2) is 0 Å². The Morgan fingerprint density at radius 3 is 2.33 bits per heavy atom. The molecule has 0 bridgehead atoms. The molecule has 0 amide bonds. The minimum absolute atomic E-state index is 0.428. The summed E-state index contributed by atoms with van der Waals surface area (Å²) in [5.74, 6) is -0.597. The number of nitrogens with zero attached hydrogens (tertiary/aromatic N) is 1. The lowest BCUT2D eigenvalue weighted by molar-refractivity contribution is -0.152. The first-order valence-corrected chi connectivity index (χ1v) is 6.10. The standard InChI is InChI=1S/C12H23NO2/c1-3-5-8-13-9-6-12(4-2,7-10-13)11(14)15/h3-10H2,1-2H3,(H,14,15). The van der Waals surface area contributed by atoms with Crippen molar-refractivity contribution in [3.05, 3.63) is 0 Å². The molecule has 0 unspecified atom stereocenters. The summed E-state index contributed by atoms with van der Waals surface area (Å²) < 4.78 is 0. The van der Waals surface area contributed by atoms with E-state index in [1.54, 1.807) is 0 Å². The van der Waals surface area contributed by atoms with Crippen LogP contribution in [0.25, 0.3) is 0 Å². The predicted molar refractivity (Wildman–Crippen MR) is 60.9 cm³/mol. The maximum atomic E-state index is 11.2. The van der Waals surface area contributed by atoms with Crippen molar-refractivity contribution in [3.63, 3.8) is 0 Å². The second-order valence-electron chi connectivity index (χ2n) is 4.63. The van der Waals surface area contributed by atoms with Gasteiger partial charge in [-0.1, -0.05) is 20.3 Å². The van der Waals surface area contributed by atoms with E-state index >= 15 is 0 Å². The Bertz CT molecular complexity index is 208. The van der Waals surface area contributed by atoms with Gasteiger partial charge in [0, 0.05) is 0 Å². The third-order valence-electron chi connectivity index (χ3n) is 3.77. The van der Waals surface area contributed by atoms with Gasteiger partial charge in [-0.05, 0) is 45.3 Å². The molecule has 1 N–H and O–H groups in total. The zero-order chi connectivity index (χ0) is 11.3. The molecule has 0 radical (unpaired) electrons. The highest BCUT2D eigenvalue weighted by molar-refractivity contribution is 5.74. The molecular formula is C12H23NO2. The summed E-state index contributed by atoms with van der Waals surface area (Å²) in [6.07, 6.45) is 4.86. The van der Waals surface area contributed by atoms with Crippen molar-refractivity contribution in [1.29, 1.82) is 0 Å². The molecular weight excluding hydrogens is 190 g/mol. The van der Waals surface area contributed by atoms with Crippen molar-refractivity contribution in [3.8, 4) is 0 Å². The van der Waals surface area contributed by atoms with Gasteiger partial charge < -0.3 is 10.0 Å². The lowest BCUT2D eigenvalue weighted by atomic mass is 9.76. The largest absolute Gasteiger partial charge is 0.481 e. The zero-order valence-corrected chi connectivity index (χ0v) is 9.96. The monoisotopic (exact) mass is 213 g/mol. The van der Waals surface area contributed by atoms with Gasteiger partial charge in [-0.2, -0.15) is 0 Å². The van der Waals surface area contributed by atoms with Crippen molar-refractivity contribution in [2.24, 2.45) is 5.41 Å². The van der Waals surface area contributed by atoms with Crippen molar-refractivity contribution in [1.82, 2.24) is 4.90 Å². The molecule has 0 spiro atoms. The van der Waals surface area contributed by atoms with Crippen LogP contribution in [0.1, 0.15) is 46.0 Å². The first-order chi connectivity index (χ1) is 7.14. The smallest absolute Gasteiger partial charge is 0.309 e. The number of hydrogen-bond acceptors (Lipinski definition) is 2. The number of unbranched alkanes of at least 4 members (excludes halogenated alkanes) is 1. The summed E-state index contributed by atoms with van der Waals surface area (Å²) in [6, 6.07) is 0. The first-order valence-electron chi connectivity index (χ1n) is 6.10. The van der Waals surface area contributed by atoms with E-state index in [1.165, 1.54) is 12.8 Å². The highest BCUT2D eigenvalue weighted by Gasteiger charge is 2.39. The minimum atomic E-state index is -0.597. The van der Waals surface area contributed by atoms with E-state index < -0.39 is 11.4 Å². The van der Waals surface area contributed by atoms with Gasteiger partial charge in [0.1, 0.15) is 0 Å². The molecule has 0 saturated carbocycles. The average molecular weight is 213 g/mol. The van der Waals surface area contributed by atoms with Crippen LogP contribution in [0.4, 0.5) is 0 Å². The van der Waals surface area contributed by atoms with Crippen LogP contribution in [-0.2, 0) is 4.79 Å². The number of rotatable bonds is 5. The number of likely N-dealkylation sites (tertiary alicyclic amines) is 1. The zero-order valence-electron chi connectivity index (χ0n) is 9.96. The Balaban J connectivity index is 2.42. The molecule has 1 aliphatic rings. The van der Waals surface area contributed by atoms with Crippen LogP contribution in [0.15, 0.2) is 0 Å². The topological polar surface area (TPSA) is 40.5 Å². The van der Waals surface area contributed by atoms with Crippen LogP contribution in [0.5, 0.6) is 0 Å².